The predicted octanol–water partition coefficient (Wildman–Crippen LogP) is 2.55. The highest BCUT2D eigenvalue weighted by Gasteiger charge is 2.23. The number of pyridine rings is 1. The molecule has 0 aliphatic heterocycles. The lowest BCUT2D eigenvalue weighted by molar-refractivity contribution is -0.678. The highest BCUT2D eigenvalue weighted by Crippen LogP contribution is 2.20. The van der Waals surface area contributed by atoms with Gasteiger partial charge in [0.2, 0.25) is 5.69 Å². The van der Waals surface area contributed by atoms with Crippen LogP contribution in [0.3, 0.4) is 0 Å². The van der Waals surface area contributed by atoms with Gasteiger partial charge >= 0.3 is 0 Å². The molecule has 2 nitrogen and oxygen atoms in total. The molecule has 1 aromatic rings. The van der Waals surface area contributed by atoms with E-state index in [2.05, 4.69) is 6.92 Å². The van der Waals surface area contributed by atoms with Crippen molar-refractivity contribution in [3.05, 3.63) is 30.1 Å². The van der Waals surface area contributed by atoms with Crippen molar-refractivity contribution in [2.24, 2.45) is 7.05 Å². The number of rotatable bonds is 5. The number of hydrogen-bond acceptors (Lipinski definition) is 1. The fourth-order valence-electron chi connectivity index (χ4n) is 1.44. The summed E-state index contributed by atoms with van der Waals surface area (Å²) < 4.78 is 1.89. The molecule has 0 spiro atoms. The molecule has 1 unspecified atom stereocenters. The van der Waals surface area contributed by atoms with E-state index in [1.54, 1.807) is 0 Å². The largest absolute Gasteiger partial charge is 0.297 e. The lowest BCUT2D eigenvalue weighted by atomic mass is 10.1. The molecule has 1 rings (SSSR count). The number of halogens is 1. The van der Waals surface area contributed by atoms with Crippen LogP contribution in [0.2, 0.25) is 0 Å². The van der Waals surface area contributed by atoms with Gasteiger partial charge in [-0.1, -0.05) is 19.4 Å². The van der Waals surface area contributed by atoms with Gasteiger partial charge in [-0.05, 0) is 6.42 Å². The molecular weight excluding hydrogens is 210 g/mol. The van der Waals surface area contributed by atoms with Crippen LogP contribution in [0.5, 0.6) is 0 Å². The quantitative estimate of drug-likeness (QED) is 0.559. The summed E-state index contributed by atoms with van der Waals surface area (Å²) in [5, 5.41) is -0.511. The standard InChI is InChI=1S/C12H17ClNO/c1-3-4-8-11(15)12(13)10-7-5-6-9-14(10)2/h5-7,9,12H,3-4,8H2,1-2H3/q+1. The molecule has 0 saturated carbocycles. The number of aryl methyl sites for hydroxylation is 1. The van der Waals surface area contributed by atoms with Crippen LogP contribution >= 0.6 is 11.6 Å². The smallest absolute Gasteiger partial charge is 0.206 e. The Kier molecular flexibility index (Phi) is 4.76. The number of ketones is 1. The van der Waals surface area contributed by atoms with Crippen molar-refractivity contribution in [2.75, 3.05) is 0 Å². The van der Waals surface area contributed by atoms with Crippen LogP contribution in [0.4, 0.5) is 0 Å². The zero-order chi connectivity index (χ0) is 11.3. The van der Waals surface area contributed by atoms with E-state index in [0.717, 1.165) is 18.5 Å². The fourth-order valence-corrected chi connectivity index (χ4v) is 1.78. The van der Waals surface area contributed by atoms with E-state index in [1.165, 1.54) is 0 Å². The minimum absolute atomic E-state index is 0.111. The van der Waals surface area contributed by atoms with Gasteiger partial charge in [0, 0.05) is 18.6 Å². The molecule has 1 aromatic heterocycles. The van der Waals surface area contributed by atoms with Gasteiger partial charge in [-0.25, -0.2) is 4.57 Å². The van der Waals surface area contributed by atoms with Gasteiger partial charge in [-0.15, -0.1) is 11.6 Å². The topological polar surface area (TPSA) is 20.9 Å². The number of unbranched alkanes of at least 4 members (excludes halogenated alkanes) is 1. The van der Waals surface area contributed by atoms with E-state index >= 15 is 0 Å². The van der Waals surface area contributed by atoms with E-state index in [4.69, 9.17) is 11.6 Å². The third-order valence-electron chi connectivity index (χ3n) is 2.41. The normalized spacial score (nSPS) is 12.5. The highest BCUT2D eigenvalue weighted by molar-refractivity contribution is 6.30. The van der Waals surface area contributed by atoms with Gasteiger partial charge in [0.15, 0.2) is 17.4 Å². The van der Waals surface area contributed by atoms with Gasteiger partial charge in [0.1, 0.15) is 7.05 Å². The molecule has 3 heteroatoms. The summed E-state index contributed by atoms with van der Waals surface area (Å²) in [6.07, 6.45) is 4.41. The second kappa shape index (κ2) is 5.86. The molecule has 82 valence electrons. The van der Waals surface area contributed by atoms with Crippen LogP contribution in [0.1, 0.15) is 37.3 Å². The number of carbonyl (C=O) groups excluding carboxylic acids is 1. The number of carbonyl (C=O) groups is 1. The van der Waals surface area contributed by atoms with Crippen LogP contribution in [0, 0.1) is 0 Å². The molecule has 15 heavy (non-hydrogen) atoms. The van der Waals surface area contributed by atoms with Crippen molar-refractivity contribution in [2.45, 2.75) is 31.6 Å². The Morgan fingerprint density at radius 2 is 2.27 bits per heavy atom. The van der Waals surface area contributed by atoms with E-state index in [-0.39, 0.29) is 5.78 Å². The maximum absolute atomic E-state index is 11.7. The van der Waals surface area contributed by atoms with E-state index in [0.29, 0.717) is 6.42 Å². The highest BCUT2D eigenvalue weighted by atomic mass is 35.5. The van der Waals surface area contributed by atoms with E-state index < -0.39 is 5.38 Å². The Hall–Kier alpha value is -0.890. The monoisotopic (exact) mass is 226 g/mol. The van der Waals surface area contributed by atoms with Crippen molar-refractivity contribution in [1.29, 1.82) is 0 Å². The summed E-state index contributed by atoms with van der Waals surface area (Å²) in [6, 6.07) is 5.71. The average Bonchev–Trinajstić information content (AvgIpc) is 2.25. The van der Waals surface area contributed by atoms with Gasteiger partial charge < -0.3 is 0 Å². The van der Waals surface area contributed by atoms with Crippen LogP contribution in [-0.4, -0.2) is 5.78 Å². The van der Waals surface area contributed by atoms with Crippen molar-refractivity contribution < 1.29 is 9.36 Å². The molecule has 0 radical (unpaired) electrons. The van der Waals surface area contributed by atoms with Gasteiger partial charge in [0.25, 0.3) is 0 Å². The van der Waals surface area contributed by atoms with Gasteiger partial charge in [-0.3, -0.25) is 4.79 Å². The zero-order valence-corrected chi connectivity index (χ0v) is 10.00. The predicted molar refractivity (Wildman–Crippen MR) is 60.7 cm³/mol. The molecule has 0 aromatic carbocycles. The lowest BCUT2D eigenvalue weighted by Gasteiger charge is -2.05. The first kappa shape index (κ1) is 12.2. The van der Waals surface area contributed by atoms with Crippen molar-refractivity contribution >= 4 is 17.4 Å². The van der Waals surface area contributed by atoms with Crippen LogP contribution < -0.4 is 4.57 Å². The summed E-state index contributed by atoms with van der Waals surface area (Å²) in [5.41, 5.74) is 0.861. The Balaban J connectivity index is 2.72. The Labute approximate surface area is 95.9 Å². The first-order valence-electron chi connectivity index (χ1n) is 5.28. The molecule has 0 saturated heterocycles. The number of nitrogens with zero attached hydrogens (tertiary/aromatic N) is 1. The summed E-state index contributed by atoms with van der Waals surface area (Å²) in [6.45, 7) is 2.07. The van der Waals surface area contributed by atoms with Crippen LogP contribution in [0.15, 0.2) is 24.4 Å². The molecule has 0 N–H and O–H groups in total. The number of alkyl halides is 1. The molecule has 0 amide bonds. The average molecular weight is 227 g/mol. The molecule has 0 fully saturated rings. The minimum atomic E-state index is -0.511. The summed E-state index contributed by atoms with van der Waals surface area (Å²) in [4.78, 5) is 11.7. The first-order chi connectivity index (χ1) is 7.16. The fraction of sp³-hybridized carbons (Fsp3) is 0.500. The van der Waals surface area contributed by atoms with Crippen LogP contribution in [0.25, 0.3) is 0 Å². The van der Waals surface area contributed by atoms with Gasteiger partial charge in [0.05, 0.1) is 0 Å². The molecule has 0 aliphatic rings. The molecule has 1 heterocycles. The second-order valence-corrected chi connectivity index (χ2v) is 4.11. The number of hydrogen-bond donors (Lipinski definition) is 0. The molecule has 0 bridgehead atoms. The van der Waals surface area contributed by atoms with Crippen molar-refractivity contribution in [3.8, 4) is 0 Å². The number of aromatic nitrogens is 1. The maximum Gasteiger partial charge on any atom is 0.206 e. The molecular formula is C12H17ClNO+. The minimum Gasteiger partial charge on any atom is -0.297 e. The summed E-state index contributed by atoms with van der Waals surface area (Å²) >= 11 is 6.13. The Bertz CT molecular complexity index is 338. The Morgan fingerprint density at radius 3 is 2.87 bits per heavy atom. The SMILES string of the molecule is CCCCC(=O)C(Cl)c1cccc[n+]1C. The summed E-state index contributed by atoms with van der Waals surface area (Å²) in [7, 11) is 1.90. The second-order valence-electron chi connectivity index (χ2n) is 3.67. The van der Waals surface area contributed by atoms with E-state index in [1.807, 2.05) is 36.0 Å². The summed E-state index contributed by atoms with van der Waals surface area (Å²) in [5.74, 6) is 0.111. The third-order valence-corrected chi connectivity index (χ3v) is 2.88. The van der Waals surface area contributed by atoms with Crippen molar-refractivity contribution in [1.82, 2.24) is 0 Å². The zero-order valence-electron chi connectivity index (χ0n) is 9.24. The number of Topliss-reactive ketones (excluding diaryl/α,β-unsaturated/α-hetero) is 1. The van der Waals surface area contributed by atoms with E-state index in [9.17, 15) is 4.79 Å². The molecule has 1 atom stereocenters. The van der Waals surface area contributed by atoms with Crippen LogP contribution in [-0.2, 0) is 11.8 Å². The molecule has 0 aliphatic carbocycles. The maximum atomic E-state index is 11.7. The lowest BCUT2D eigenvalue weighted by Crippen LogP contribution is -2.35. The van der Waals surface area contributed by atoms with Crippen molar-refractivity contribution in [3.63, 3.8) is 0 Å². The first-order valence-corrected chi connectivity index (χ1v) is 5.71. The van der Waals surface area contributed by atoms with Gasteiger partial charge in [-0.2, -0.15) is 0 Å². The third kappa shape index (κ3) is 3.31. The Morgan fingerprint density at radius 1 is 1.53 bits per heavy atom.